The Kier molecular flexibility index (Phi) is 6.31. The number of carbonyl (C=O) groups is 2. The van der Waals surface area contributed by atoms with Gasteiger partial charge in [-0.2, -0.15) is 0 Å². The Hall–Kier alpha value is -2.58. The van der Waals surface area contributed by atoms with Crippen LogP contribution in [0, 0.1) is 0 Å². The van der Waals surface area contributed by atoms with E-state index in [4.69, 9.17) is 4.74 Å². The van der Waals surface area contributed by atoms with Crippen LogP contribution in [-0.2, 0) is 6.54 Å². The fraction of sp³-hybridized carbons (Fsp3) is 0.368. The Bertz CT molecular complexity index is 786. The van der Waals surface area contributed by atoms with Crippen LogP contribution in [0.5, 0.6) is 5.75 Å². The molecule has 8 heteroatoms. The predicted octanol–water partition coefficient (Wildman–Crippen LogP) is 2.47. The smallest absolute Gasteiger partial charge is 0.322 e. The number of benzene rings is 1. The highest BCUT2D eigenvalue weighted by atomic mass is 32.1. The summed E-state index contributed by atoms with van der Waals surface area (Å²) in [6.45, 7) is 3.92. The van der Waals surface area contributed by atoms with E-state index in [0.717, 1.165) is 19.6 Å². The highest BCUT2D eigenvalue weighted by Crippen LogP contribution is 2.26. The van der Waals surface area contributed by atoms with E-state index in [-0.39, 0.29) is 11.9 Å². The zero-order valence-corrected chi connectivity index (χ0v) is 16.3. The monoisotopic (exact) mass is 388 g/mol. The minimum absolute atomic E-state index is 0.182. The highest BCUT2D eigenvalue weighted by molar-refractivity contribution is 7.09. The van der Waals surface area contributed by atoms with Gasteiger partial charge in [0.25, 0.3) is 5.91 Å². The number of rotatable bonds is 5. The summed E-state index contributed by atoms with van der Waals surface area (Å²) in [4.78, 5) is 30.0. The van der Waals surface area contributed by atoms with Crippen molar-refractivity contribution in [2.24, 2.45) is 0 Å². The minimum atomic E-state index is -0.213. The maximum Gasteiger partial charge on any atom is 0.322 e. The zero-order valence-electron chi connectivity index (χ0n) is 15.5. The molecule has 1 fully saturated rings. The van der Waals surface area contributed by atoms with Crippen LogP contribution in [0.15, 0.2) is 35.7 Å². The molecule has 0 spiro atoms. The van der Waals surface area contributed by atoms with Gasteiger partial charge in [0.05, 0.1) is 12.8 Å². The molecule has 0 saturated carbocycles. The summed E-state index contributed by atoms with van der Waals surface area (Å²) in [6.07, 6.45) is 0. The molecule has 1 aliphatic rings. The maximum absolute atomic E-state index is 12.7. The number of ether oxygens (including phenoxy) is 1. The van der Waals surface area contributed by atoms with Gasteiger partial charge >= 0.3 is 6.03 Å². The molecule has 0 bridgehead atoms. The Balaban J connectivity index is 1.60. The van der Waals surface area contributed by atoms with Crippen LogP contribution in [0.4, 0.5) is 10.5 Å². The Labute approximate surface area is 162 Å². The van der Waals surface area contributed by atoms with Gasteiger partial charge in [-0.15, -0.1) is 11.3 Å². The number of carbonyl (C=O) groups excluding carboxylic acids is 2. The number of anilines is 1. The van der Waals surface area contributed by atoms with E-state index in [1.807, 2.05) is 0 Å². The molecule has 2 heterocycles. The molecule has 144 valence electrons. The van der Waals surface area contributed by atoms with Crippen LogP contribution in [0.3, 0.4) is 0 Å². The summed E-state index contributed by atoms with van der Waals surface area (Å²) < 4.78 is 5.31. The second-order valence-electron chi connectivity index (χ2n) is 6.27. The molecule has 1 aromatic heterocycles. The average molecular weight is 388 g/mol. The molecule has 0 radical (unpaired) electrons. The minimum Gasteiger partial charge on any atom is -0.495 e. The lowest BCUT2D eigenvalue weighted by molar-refractivity contribution is 0.0963. The lowest BCUT2D eigenvalue weighted by Crippen LogP contribution is -2.49. The number of thiophene rings is 1. The van der Waals surface area contributed by atoms with Gasteiger partial charge in [-0.1, -0.05) is 6.07 Å². The Morgan fingerprint density at radius 3 is 2.59 bits per heavy atom. The number of nitrogens with zero attached hydrogens (tertiary/aromatic N) is 2. The molecule has 0 aliphatic carbocycles. The van der Waals surface area contributed by atoms with Crippen molar-refractivity contribution in [3.63, 3.8) is 0 Å². The fourth-order valence-electron chi connectivity index (χ4n) is 3.02. The first-order chi connectivity index (χ1) is 13.1. The molecular weight excluding hydrogens is 364 g/mol. The van der Waals surface area contributed by atoms with E-state index in [1.165, 1.54) is 12.0 Å². The van der Waals surface area contributed by atoms with Crippen molar-refractivity contribution < 1.29 is 14.3 Å². The van der Waals surface area contributed by atoms with Gasteiger partial charge in [0.15, 0.2) is 0 Å². The normalized spacial score (nSPS) is 14.7. The van der Waals surface area contributed by atoms with Crippen LogP contribution in [-0.4, -0.2) is 62.1 Å². The van der Waals surface area contributed by atoms with Gasteiger partial charge < -0.3 is 20.3 Å². The van der Waals surface area contributed by atoms with E-state index in [0.29, 0.717) is 30.1 Å². The average Bonchev–Trinajstić information content (AvgIpc) is 3.20. The molecule has 3 rings (SSSR count). The first kappa shape index (κ1) is 19.2. The molecule has 1 aromatic carbocycles. The number of hydrogen-bond acceptors (Lipinski definition) is 5. The van der Waals surface area contributed by atoms with Crippen molar-refractivity contribution in [3.8, 4) is 5.75 Å². The van der Waals surface area contributed by atoms with Crippen LogP contribution in [0.25, 0.3) is 0 Å². The largest absolute Gasteiger partial charge is 0.495 e. The van der Waals surface area contributed by atoms with Crippen LogP contribution >= 0.6 is 11.3 Å². The lowest BCUT2D eigenvalue weighted by atomic mass is 10.1. The van der Waals surface area contributed by atoms with Crippen LogP contribution < -0.4 is 15.4 Å². The van der Waals surface area contributed by atoms with Crippen LogP contribution in [0.1, 0.15) is 15.2 Å². The number of hydrogen-bond donors (Lipinski definition) is 2. The Morgan fingerprint density at radius 1 is 1.19 bits per heavy atom. The molecule has 3 amide bonds. The van der Waals surface area contributed by atoms with Gasteiger partial charge in [-0.3, -0.25) is 9.69 Å². The Morgan fingerprint density at radius 2 is 1.96 bits per heavy atom. The summed E-state index contributed by atoms with van der Waals surface area (Å²) >= 11 is 1.75. The third kappa shape index (κ3) is 4.78. The summed E-state index contributed by atoms with van der Waals surface area (Å²) in [5.41, 5.74) is 0.957. The van der Waals surface area contributed by atoms with Crippen molar-refractivity contribution in [3.05, 3.63) is 46.2 Å². The zero-order chi connectivity index (χ0) is 19.2. The molecule has 1 saturated heterocycles. The third-order valence-electron chi connectivity index (χ3n) is 4.55. The van der Waals surface area contributed by atoms with Gasteiger partial charge in [0.1, 0.15) is 5.75 Å². The third-order valence-corrected chi connectivity index (χ3v) is 5.41. The van der Waals surface area contributed by atoms with E-state index in [9.17, 15) is 9.59 Å². The topological polar surface area (TPSA) is 73.9 Å². The van der Waals surface area contributed by atoms with Crippen molar-refractivity contribution in [1.29, 1.82) is 0 Å². The number of nitrogens with one attached hydrogen (secondary N) is 2. The first-order valence-corrected chi connectivity index (χ1v) is 9.69. The number of piperazine rings is 1. The first-order valence-electron chi connectivity index (χ1n) is 8.81. The fourth-order valence-corrected chi connectivity index (χ4v) is 3.76. The maximum atomic E-state index is 12.7. The molecule has 7 nitrogen and oxygen atoms in total. The molecular formula is C19H24N4O3S. The molecule has 2 aromatic rings. The molecule has 0 unspecified atom stereocenters. The molecule has 0 atom stereocenters. The van der Waals surface area contributed by atoms with E-state index >= 15 is 0 Å². The molecule has 2 N–H and O–H groups in total. The van der Waals surface area contributed by atoms with Gasteiger partial charge in [-0.05, 0) is 29.6 Å². The van der Waals surface area contributed by atoms with Crippen molar-refractivity contribution in [2.75, 3.05) is 45.7 Å². The summed E-state index contributed by atoms with van der Waals surface area (Å²) in [5.74, 6) is 0.308. The summed E-state index contributed by atoms with van der Waals surface area (Å²) in [6, 6.07) is 8.98. The number of urea groups is 1. The quantitative estimate of drug-likeness (QED) is 0.825. The van der Waals surface area contributed by atoms with Crippen molar-refractivity contribution in [1.82, 2.24) is 15.1 Å². The highest BCUT2D eigenvalue weighted by Gasteiger charge is 2.22. The van der Waals surface area contributed by atoms with Crippen LogP contribution in [0.2, 0.25) is 0 Å². The standard InChI is InChI=1S/C19H24N4O3S/c1-20-18(24)14-5-6-17(26-2)16(12-14)21-19(25)23-9-7-22(8-10-23)13-15-4-3-11-27-15/h3-6,11-12H,7-10,13H2,1-2H3,(H,20,24)(H,21,25). The molecule has 1 aliphatic heterocycles. The van der Waals surface area contributed by atoms with E-state index < -0.39 is 0 Å². The lowest BCUT2D eigenvalue weighted by Gasteiger charge is -2.34. The van der Waals surface area contributed by atoms with E-state index in [2.05, 4.69) is 33.0 Å². The van der Waals surface area contributed by atoms with Crippen molar-refractivity contribution >= 4 is 29.0 Å². The number of methoxy groups -OCH3 is 1. The van der Waals surface area contributed by atoms with Crippen molar-refractivity contribution in [2.45, 2.75) is 6.54 Å². The summed E-state index contributed by atoms with van der Waals surface area (Å²) in [7, 11) is 3.11. The van der Waals surface area contributed by atoms with E-state index in [1.54, 1.807) is 41.5 Å². The second kappa shape index (κ2) is 8.88. The summed E-state index contributed by atoms with van der Waals surface area (Å²) in [5, 5.41) is 7.54. The number of amides is 3. The second-order valence-corrected chi connectivity index (χ2v) is 7.30. The van der Waals surface area contributed by atoms with Gasteiger partial charge in [0.2, 0.25) is 0 Å². The predicted molar refractivity (Wildman–Crippen MR) is 107 cm³/mol. The molecule has 27 heavy (non-hydrogen) atoms. The van der Waals surface area contributed by atoms with Gasteiger partial charge in [0, 0.05) is 50.2 Å². The van der Waals surface area contributed by atoms with Gasteiger partial charge in [-0.25, -0.2) is 4.79 Å². The SMILES string of the molecule is CNC(=O)c1ccc(OC)c(NC(=O)N2CCN(Cc3cccs3)CC2)c1.